The normalized spacial score (nSPS) is 15.6. The maximum atomic E-state index is 14.9. The molecule has 1 aromatic carbocycles. The van der Waals surface area contributed by atoms with E-state index in [1.807, 2.05) is 19.0 Å². The summed E-state index contributed by atoms with van der Waals surface area (Å²) in [5, 5.41) is 15.0. The molecule has 1 atom stereocenters. The molecule has 1 saturated heterocycles. The van der Waals surface area contributed by atoms with Crippen LogP contribution in [0.15, 0.2) is 36.5 Å². The molecule has 12 heteroatoms. The van der Waals surface area contributed by atoms with Crippen molar-refractivity contribution in [1.29, 1.82) is 0 Å². The van der Waals surface area contributed by atoms with Crippen molar-refractivity contribution in [3.63, 3.8) is 0 Å². The van der Waals surface area contributed by atoms with E-state index in [-0.39, 0.29) is 18.9 Å². The van der Waals surface area contributed by atoms with E-state index < -0.39 is 18.1 Å². The fourth-order valence-corrected chi connectivity index (χ4v) is 3.35. The van der Waals surface area contributed by atoms with Gasteiger partial charge in [0.2, 0.25) is 11.7 Å². The second kappa shape index (κ2) is 9.91. The van der Waals surface area contributed by atoms with Crippen LogP contribution in [0, 0.1) is 5.82 Å². The largest absolute Gasteiger partial charge is 0.423 e. The Morgan fingerprint density at radius 2 is 2.12 bits per heavy atom. The van der Waals surface area contributed by atoms with Crippen molar-refractivity contribution in [2.45, 2.75) is 26.1 Å². The summed E-state index contributed by atoms with van der Waals surface area (Å²) in [6.45, 7) is 3.18. The van der Waals surface area contributed by atoms with Crippen molar-refractivity contribution in [2.24, 2.45) is 0 Å². The number of carbonyl (C=O) groups is 2. The van der Waals surface area contributed by atoms with Gasteiger partial charge in [-0.15, -0.1) is 10.2 Å². The van der Waals surface area contributed by atoms with Crippen molar-refractivity contribution in [3.05, 3.63) is 42.3 Å². The fraction of sp³-hybridized carbons (Fsp3) is 0.364. The summed E-state index contributed by atoms with van der Waals surface area (Å²) in [7, 11) is 3.93. The fourth-order valence-electron chi connectivity index (χ4n) is 3.35. The Morgan fingerprint density at radius 3 is 2.79 bits per heavy atom. The molecule has 1 aliphatic heterocycles. The Kier molecular flexibility index (Phi) is 6.77. The first-order valence-corrected chi connectivity index (χ1v) is 10.8. The molecule has 4 rings (SSSR count). The number of ether oxygens (including phenoxy) is 1. The number of halogens is 1. The van der Waals surface area contributed by atoms with Crippen molar-refractivity contribution < 1.29 is 18.7 Å². The molecule has 0 radical (unpaired) electrons. The van der Waals surface area contributed by atoms with Gasteiger partial charge in [-0.3, -0.25) is 14.7 Å². The maximum absolute atomic E-state index is 14.9. The van der Waals surface area contributed by atoms with Gasteiger partial charge in [0.05, 0.1) is 18.8 Å². The molecule has 0 unspecified atom stereocenters. The molecule has 3 heterocycles. The molecule has 178 valence electrons. The summed E-state index contributed by atoms with van der Waals surface area (Å²) in [4.78, 5) is 32.9. The number of nitrogens with one attached hydrogen (secondary N) is 1. The lowest BCUT2D eigenvalue weighted by Gasteiger charge is -2.14. The van der Waals surface area contributed by atoms with Gasteiger partial charge in [0, 0.05) is 30.3 Å². The summed E-state index contributed by atoms with van der Waals surface area (Å²) < 4.78 is 20.1. The molecular weight excluding hydrogens is 443 g/mol. The highest BCUT2D eigenvalue weighted by Gasteiger charge is 2.33. The zero-order valence-electron chi connectivity index (χ0n) is 19.1. The second-order valence-corrected chi connectivity index (χ2v) is 8.01. The van der Waals surface area contributed by atoms with Crippen LogP contribution in [0.2, 0.25) is 0 Å². The van der Waals surface area contributed by atoms with Gasteiger partial charge >= 0.3 is 6.09 Å². The van der Waals surface area contributed by atoms with Crippen LogP contribution < -0.4 is 10.2 Å². The number of carbonyl (C=O) groups excluding carboxylic acids is 2. The third-order valence-electron chi connectivity index (χ3n) is 5.22. The van der Waals surface area contributed by atoms with Gasteiger partial charge in [-0.25, -0.2) is 9.18 Å². The summed E-state index contributed by atoms with van der Waals surface area (Å²) in [5.41, 5.74) is 1.75. The Bertz CT molecular complexity index is 1180. The standard InChI is InChI=1S/C22H25FN8O3/c1-4-19(32)25-20-13-30(22(33)34-20)15-6-7-16(17(23)11-15)14-5-8-18(24-12-14)21-26-28-31(27-21)10-9-29(2)3/h5-8,11-12,20H,4,9-10,13H2,1-3H3,(H,25,32)/t20-/m1/s1. The zero-order chi connectivity index (χ0) is 24.2. The van der Waals surface area contributed by atoms with Gasteiger partial charge < -0.3 is 15.0 Å². The predicted molar refractivity (Wildman–Crippen MR) is 121 cm³/mol. The molecule has 3 aromatic rings. The van der Waals surface area contributed by atoms with Crippen molar-refractivity contribution in [2.75, 3.05) is 32.1 Å². The van der Waals surface area contributed by atoms with Gasteiger partial charge in [0.25, 0.3) is 0 Å². The summed E-state index contributed by atoms with van der Waals surface area (Å²) in [6, 6.07) is 7.88. The average molecular weight is 468 g/mol. The van der Waals surface area contributed by atoms with E-state index in [0.29, 0.717) is 34.9 Å². The number of rotatable bonds is 8. The number of pyridine rings is 1. The highest BCUT2D eigenvalue weighted by Crippen LogP contribution is 2.29. The molecule has 1 fully saturated rings. The molecule has 2 amide bonds. The molecular formula is C22H25FN8O3. The molecule has 1 aliphatic rings. The van der Waals surface area contributed by atoms with Crippen LogP contribution in [-0.2, 0) is 16.1 Å². The Hall–Kier alpha value is -3.93. The van der Waals surface area contributed by atoms with E-state index in [1.54, 1.807) is 31.2 Å². The summed E-state index contributed by atoms with van der Waals surface area (Å²) in [6.07, 6.45) is 0.392. The number of hydrogen-bond acceptors (Lipinski definition) is 8. The van der Waals surface area contributed by atoms with Crippen LogP contribution in [0.5, 0.6) is 0 Å². The molecule has 2 aromatic heterocycles. The molecule has 1 N–H and O–H groups in total. The predicted octanol–water partition coefficient (Wildman–Crippen LogP) is 1.91. The number of nitrogens with zero attached hydrogens (tertiary/aromatic N) is 7. The van der Waals surface area contributed by atoms with Crippen molar-refractivity contribution in [1.82, 2.24) is 35.4 Å². The molecule has 34 heavy (non-hydrogen) atoms. The first-order valence-electron chi connectivity index (χ1n) is 10.8. The Balaban J connectivity index is 1.46. The van der Waals surface area contributed by atoms with Crippen LogP contribution in [0.25, 0.3) is 22.6 Å². The zero-order valence-corrected chi connectivity index (χ0v) is 19.1. The molecule has 0 saturated carbocycles. The van der Waals surface area contributed by atoms with Crippen LogP contribution >= 0.6 is 0 Å². The number of likely N-dealkylation sites (N-methyl/N-ethyl adjacent to an activating group) is 1. The molecule has 11 nitrogen and oxygen atoms in total. The Labute approximate surface area is 195 Å². The molecule has 0 aliphatic carbocycles. The number of amides is 2. The lowest BCUT2D eigenvalue weighted by Crippen LogP contribution is -2.37. The van der Waals surface area contributed by atoms with Crippen molar-refractivity contribution >= 4 is 17.7 Å². The number of cyclic esters (lactones) is 1. The Morgan fingerprint density at radius 1 is 1.29 bits per heavy atom. The number of aromatic nitrogens is 5. The monoisotopic (exact) mass is 468 g/mol. The van der Waals surface area contributed by atoms with E-state index >= 15 is 0 Å². The average Bonchev–Trinajstić information content (AvgIpc) is 3.44. The van der Waals surface area contributed by atoms with E-state index in [9.17, 15) is 14.0 Å². The third-order valence-corrected chi connectivity index (χ3v) is 5.22. The van der Waals surface area contributed by atoms with Crippen LogP contribution in [0.3, 0.4) is 0 Å². The van der Waals surface area contributed by atoms with E-state index in [0.717, 1.165) is 6.54 Å². The first-order chi connectivity index (χ1) is 16.3. The smallest absolute Gasteiger partial charge is 0.416 e. The number of anilines is 1. The van der Waals surface area contributed by atoms with E-state index in [2.05, 4.69) is 25.7 Å². The highest BCUT2D eigenvalue weighted by atomic mass is 19.1. The summed E-state index contributed by atoms with van der Waals surface area (Å²) >= 11 is 0. The lowest BCUT2D eigenvalue weighted by molar-refractivity contribution is -0.123. The SMILES string of the molecule is CCC(=O)N[C@H]1CN(c2ccc(-c3ccc(-c4nnn(CCN(C)C)n4)nc3)c(F)c2)C(=O)O1. The summed E-state index contributed by atoms with van der Waals surface area (Å²) in [5.74, 6) is -0.365. The van der Waals surface area contributed by atoms with Crippen molar-refractivity contribution in [3.8, 4) is 22.6 Å². The topological polar surface area (TPSA) is 118 Å². The number of benzene rings is 1. The van der Waals surface area contributed by atoms with Gasteiger partial charge in [-0.05, 0) is 43.6 Å². The minimum absolute atomic E-state index is 0.0990. The third kappa shape index (κ3) is 5.17. The van der Waals surface area contributed by atoms with Gasteiger partial charge in [-0.1, -0.05) is 13.0 Å². The van der Waals surface area contributed by atoms with E-state index in [1.165, 1.54) is 22.0 Å². The lowest BCUT2D eigenvalue weighted by atomic mass is 10.1. The minimum Gasteiger partial charge on any atom is -0.423 e. The molecule has 0 bridgehead atoms. The first kappa shape index (κ1) is 23.2. The second-order valence-electron chi connectivity index (χ2n) is 8.01. The van der Waals surface area contributed by atoms with Crippen LogP contribution in [0.4, 0.5) is 14.9 Å². The highest BCUT2D eigenvalue weighted by molar-refractivity contribution is 5.90. The molecule has 0 spiro atoms. The number of hydrogen-bond donors (Lipinski definition) is 1. The number of tetrazole rings is 1. The van der Waals surface area contributed by atoms with Gasteiger partial charge in [0.1, 0.15) is 11.5 Å². The van der Waals surface area contributed by atoms with E-state index in [4.69, 9.17) is 4.74 Å². The minimum atomic E-state index is -0.770. The maximum Gasteiger partial charge on any atom is 0.416 e. The van der Waals surface area contributed by atoms with Crippen LogP contribution in [0.1, 0.15) is 13.3 Å². The van der Waals surface area contributed by atoms with Gasteiger partial charge in [-0.2, -0.15) is 4.80 Å². The quantitative estimate of drug-likeness (QED) is 0.533. The van der Waals surface area contributed by atoms with Crippen LogP contribution in [-0.4, -0.2) is 75.5 Å². The van der Waals surface area contributed by atoms with Gasteiger partial charge in [0.15, 0.2) is 6.23 Å².